The Morgan fingerprint density at radius 1 is 1.11 bits per heavy atom. The van der Waals surface area contributed by atoms with Crippen LogP contribution in [0.25, 0.3) is 10.2 Å². The Bertz CT molecular complexity index is 874. The van der Waals surface area contributed by atoms with Gasteiger partial charge in [-0.05, 0) is 50.7 Å². The van der Waals surface area contributed by atoms with Crippen LogP contribution in [-0.4, -0.2) is 27.9 Å². The van der Waals surface area contributed by atoms with Crippen molar-refractivity contribution >= 4 is 43.5 Å². The van der Waals surface area contributed by atoms with E-state index in [1.54, 1.807) is 3.71 Å². The molecule has 0 bridgehead atoms. The first kappa shape index (κ1) is 22.1. The van der Waals surface area contributed by atoms with E-state index >= 15 is 0 Å². The molecule has 1 aromatic carbocycles. The molecule has 0 saturated heterocycles. The number of para-hydroxylation sites is 1. The summed E-state index contributed by atoms with van der Waals surface area (Å²) in [4.78, 5) is 4.48. The second-order valence-electron chi connectivity index (χ2n) is 9.59. The second kappa shape index (κ2) is 8.25. The lowest BCUT2D eigenvalue weighted by atomic mass is 9.86. The van der Waals surface area contributed by atoms with Gasteiger partial charge in [0.25, 0.3) is 10.0 Å². The highest BCUT2D eigenvalue weighted by atomic mass is 32.3. The van der Waals surface area contributed by atoms with Crippen molar-refractivity contribution in [2.24, 2.45) is 5.41 Å². The Kier molecular flexibility index (Phi) is 6.50. The lowest BCUT2D eigenvalue weighted by molar-refractivity contribution is 0.321. The summed E-state index contributed by atoms with van der Waals surface area (Å²) in [5.74, 6) is 0. The van der Waals surface area contributed by atoms with Crippen LogP contribution in [0.15, 0.2) is 28.6 Å². The first-order valence-electron chi connectivity index (χ1n) is 10.1. The van der Waals surface area contributed by atoms with Gasteiger partial charge in [0.15, 0.2) is 0 Å². The largest absolute Gasteiger partial charge is 0.279 e. The van der Waals surface area contributed by atoms with Gasteiger partial charge >= 0.3 is 0 Å². The third kappa shape index (κ3) is 5.29. The van der Waals surface area contributed by atoms with Crippen LogP contribution in [0.1, 0.15) is 73.1 Å². The van der Waals surface area contributed by atoms with Crippen LogP contribution in [0.2, 0.25) is 0 Å². The summed E-state index contributed by atoms with van der Waals surface area (Å²) in [6.07, 6.45) is 6.18. The molecule has 28 heavy (non-hydrogen) atoms. The maximum absolute atomic E-state index is 13.7. The molecule has 1 saturated carbocycles. The topological polar surface area (TPSA) is 50.3 Å². The number of nitrogens with zero attached hydrogens (tertiary/aromatic N) is 2. The van der Waals surface area contributed by atoms with Crippen molar-refractivity contribution in [3.8, 4) is 0 Å². The van der Waals surface area contributed by atoms with E-state index in [1.807, 2.05) is 24.3 Å². The highest BCUT2D eigenvalue weighted by molar-refractivity contribution is 8.09. The molecule has 156 valence electrons. The average molecular weight is 441 g/mol. The molecule has 7 heteroatoms. The highest BCUT2D eigenvalue weighted by Gasteiger charge is 2.40. The molecule has 1 aliphatic carbocycles. The first-order valence-corrected chi connectivity index (χ1v) is 13.1. The summed E-state index contributed by atoms with van der Waals surface area (Å²) in [5, 5.41) is 0. The lowest BCUT2D eigenvalue weighted by Crippen LogP contribution is -2.40. The van der Waals surface area contributed by atoms with Crippen molar-refractivity contribution in [2.45, 2.75) is 88.3 Å². The third-order valence-electron chi connectivity index (χ3n) is 4.90. The monoisotopic (exact) mass is 440 g/mol. The Hall–Kier alpha value is -0.630. The number of rotatable bonds is 6. The van der Waals surface area contributed by atoms with E-state index in [0.29, 0.717) is 0 Å². The smallest absolute Gasteiger partial charge is 0.224 e. The Balaban J connectivity index is 1.97. The molecule has 1 aromatic heterocycles. The number of fused-ring (bicyclic) bond motifs is 1. The summed E-state index contributed by atoms with van der Waals surface area (Å²) in [6, 6.07) is 7.70. The fourth-order valence-electron chi connectivity index (χ4n) is 4.20. The maximum atomic E-state index is 13.7. The highest BCUT2D eigenvalue weighted by Crippen LogP contribution is 2.44. The molecule has 0 radical (unpaired) electrons. The molecule has 0 aliphatic heterocycles. The summed E-state index contributed by atoms with van der Waals surface area (Å²) in [7, 11) is -3.65. The van der Waals surface area contributed by atoms with E-state index in [9.17, 15) is 8.42 Å². The van der Waals surface area contributed by atoms with E-state index in [2.05, 4.69) is 39.6 Å². The van der Waals surface area contributed by atoms with Crippen LogP contribution >= 0.6 is 23.3 Å². The van der Waals surface area contributed by atoms with Crippen LogP contribution in [0.5, 0.6) is 0 Å². The molecule has 0 unspecified atom stereocenters. The van der Waals surface area contributed by atoms with Gasteiger partial charge in [0.1, 0.15) is 0 Å². The van der Waals surface area contributed by atoms with Gasteiger partial charge in [-0.15, -0.1) is 15.0 Å². The SMILES string of the molecule is CC(C)(C)CC(C)(C)SN(C1CCCCC1)S(=O)(=O)c1nc2ccccc2s1. The minimum atomic E-state index is -3.65. The second-order valence-corrected chi connectivity index (χ2v) is 14.5. The molecule has 1 fully saturated rings. The number of hydrogen-bond acceptors (Lipinski definition) is 5. The van der Waals surface area contributed by atoms with E-state index in [4.69, 9.17) is 0 Å². The predicted molar refractivity (Wildman–Crippen MR) is 121 cm³/mol. The quantitative estimate of drug-likeness (QED) is 0.482. The molecule has 0 spiro atoms. The molecular formula is C21H32N2O2S3. The molecular weight excluding hydrogens is 408 g/mol. The Morgan fingerprint density at radius 3 is 2.36 bits per heavy atom. The number of hydrogen-bond donors (Lipinski definition) is 0. The summed E-state index contributed by atoms with van der Waals surface area (Å²) >= 11 is 2.79. The van der Waals surface area contributed by atoms with Gasteiger partial charge in [0, 0.05) is 10.8 Å². The van der Waals surface area contributed by atoms with Crippen molar-refractivity contribution < 1.29 is 8.42 Å². The van der Waals surface area contributed by atoms with Crippen LogP contribution in [0.3, 0.4) is 0 Å². The van der Waals surface area contributed by atoms with Crippen molar-refractivity contribution in [3.05, 3.63) is 24.3 Å². The standard InChI is InChI=1S/C21H32N2O2S3/c1-20(2,3)15-21(4,5)27-23(16-11-7-6-8-12-16)28(24,25)19-22-17-13-9-10-14-18(17)26-19/h9-10,13-14,16H,6-8,11-12,15H2,1-5H3. The molecule has 0 atom stereocenters. The number of thiazole rings is 1. The van der Waals surface area contributed by atoms with Crippen LogP contribution in [0, 0.1) is 5.41 Å². The molecule has 1 heterocycles. The van der Waals surface area contributed by atoms with Gasteiger partial charge in [-0.25, -0.2) is 13.4 Å². The Labute approximate surface area is 178 Å². The van der Waals surface area contributed by atoms with Gasteiger partial charge < -0.3 is 0 Å². The van der Waals surface area contributed by atoms with Crippen LogP contribution in [0.4, 0.5) is 0 Å². The summed E-state index contributed by atoms with van der Waals surface area (Å²) in [6.45, 7) is 11.0. The molecule has 4 nitrogen and oxygen atoms in total. The van der Waals surface area contributed by atoms with Gasteiger partial charge in [-0.3, -0.25) is 0 Å². The number of sulfonamides is 1. The van der Waals surface area contributed by atoms with E-state index in [-0.39, 0.29) is 20.5 Å². The van der Waals surface area contributed by atoms with Gasteiger partial charge in [-0.2, -0.15) is 0 Å². The third-order valence-corrected chi connectivity index (χ3v) is 9.84. The van der Waals surface area contributed by atoms with E-state index < -0.39 is 10.0 Å². The van der Waals surface area contributed by atoms with Crippen molar-refractivity contribution in [1.29, 1.82) is 0 Å². The zero-order valence-corrected chi connectivity index (χ0v) is 20.0. The van der Waals surface area contributed by atoms with Crippen LogP contribution in [-0.2, 0) is 10.0 Å². The fourth-order valence-corrected chi connectivity index (χ4v) is 9.50. The molecule has 3 rings (SSSR count). The first-order chi connectivity index (χ1) is 13.0. The van der Waals surface area contributed by atoms with Crippen molar-refractivity contribution in [3.63, 3.8) is 0 Å². The molecule has 1 aliphatic rings. The minimum absolute atomic E-state index is 0.0509. The summed E-state index contributed by atoms with van der Waals surface area (Å²) < 4.78 is 30.1. The van der Waals surface area contributed by atoms with Gasteiger partial charge in [0.2, 0.25) is 4.34 Å². The molecule has 0 N–H and O–H groups in total. The average Bonchev–Trinajstić information content (AvgIpc) is 3.03. The summed E-state index contributed by atoms with van der Waals surface area (Å²) in [5.41, 5.74) is 0.891. The number of aromatic nitrogens is 1. The molecule has 0 amide bonds. The number of benzene rings is 1. The van der Waals surface area contributed by atoms with Gasteiger partial charge in [0.05, 0.1) is 10.2 Å². The zero-order chi connectivity index (χ0) is 20.6. The van der Waals surface area contributed by atoms with Crippen molar-refractivity contribution in [2.75, 3.05) is 0 Å². The fraction of sp³-hybridized carbons (Fsp3) is 0.667. The van der Waals surface area contributed by atoms with Crippen LogP contribution < -0.4 is 0 Å². The predicted octanol–water partition coefficient (Wildman–Crippen LogP) is 6.48. The van der Waals surface area contributed by atoms with Crippen molar-refractivity contribution in [1.82, 2.24) is 8.69 Å². The van der Waals surface area contributed by atoms with E-state index in [1.165, 1.54) is 29.7 Å². The molecule has 2 aromatic rings. The lowest BCUT2D eigenvalue weighted by Gasteiger charge is -2.39. The zero-order valence-electron chi connectivity index (χ0n) is 17.6. The minimum Gasteiger partial charge on any atom is -0.224 e. The maximum Gasteiger partial charge on any atom is 0.279 e. The Morgan fingerprint density at radius 2 is 1.75 bits per heavy atom. The van der Waals surface area contributed by atoms with E-state index in [0.717, 1.165) is 42.3 Å². The normalized spacial score (nSPS) is 17.5. The van der Waals surface area contributed by atoms with Gasteiger partial charge in [-0.1, -0.05) is 64.1 Å².